The van der Waals surface area contributed by atoms with Gasteiger partial charge in [0.05, 0.1) is 30.4 Å². The van der Waals surface area contributed by atoms with E-state index in [4.69, 9.17) is 14.2 Å². The molecule has 2 saturated heterocycles. The third-order valence-corrected chi connectivity index (χ3v) is 7.48. The van der Waals surface area contributed by atoms with Crippen LogP contribution >= 0.6 is 0 Å². The summed E-state index contributed by atoms with van der Waals surface area (Å²) in [7, 11) is 0. The van der Waals surface area contributed by atoms with E-state index in [0.717, 1.165) is 37.9 Å². The second-order valence-electron chi connectivity index (χ2n) is 9.83. The van der Waals surface area contributed by atoms with E-state index >= 15 is 4.39 Å². The first-order valence-corrected chi connectivity index (χ1v) is 13.0. The van der Waals surface area contributed by atoms with Crippen molar-refractivity contribution in [3.63, 3.8) is 0 Å². The van der Waals surface area contributed by atoms with Crippen LogP contribution in [0.15, 0.2) is 18.5 Å². The molecule has 1 atom stereocenters. The van der Waals surface area contributed by atoms with Gasteiger partial charge in [-0.2, -0.15) is 0 Å². The van der Waals surface area contributed by atoms with Crippen molar-refractivity contribution < 1.29 is 23.4 Å². The van der Waals surface area contributed by atoms with Crippen LogP contribution in [0.3, 0.4) is 0 Å². The summed E-state index contributed by atoms with van der Waals surface area (Å²) in [4.78, 5) is 28.8. The molecule has 4 heterocycles. The summed E-state index contributed by atoms with van der Waals surface area (Å²) in [5, 5.41) is 5.33. The Bertz CT molecular complexity index is 1270. The molecule has 3 aromatic rings. The lowest BCUT2D eigenvalue weighted by Gasteiger charge is -2.34. The van der Waals surface area contributed by atoms with Crippen LogP contribution in [0.5, 0.6) is 0 Å². The molecule has 3 aliphatic rings. The molecule has 10 nitrogen and oxygen atoms in total. The highest BCUT2D eigenvalue weighted by Crippen LogP contribution is 2.42. The first-order chi connectivity index (χ1) is 18.0. The summed E-state index contributed by atoms with van der Waals surface area (Å²) in [5.74, 6) is 0.392. The molecule has 0 radical (unpaired) electrons. The van der Waals surface area contributed by atoms with E-state index < -0.39 is 17.7 Å². The normalized spacial score (nSPS) is 21.6. The number of H-pyrrole nitrogens is 1. The topological polar surface area (TPSA) is 123 Å². The number of amides is 2. The number of halogens is 1. The van der Waals surface area contributed by atoms with Gasteiger partial charge in [-0.1, -0.05) is 0 Å². The Morgan fingerprint density at radius 3 is 2.59 bits per heavy atom. The third kappa shape index (κ3) is 4.67. The number of aromatic nitrogens is 4. The number of nitrogens with zero attached hydrogens (tertiary/aromatic N) is 3. The van der Waals surface area contributed by atoms with Gasteiger partial charge in [-0.15, -0.1) is 0 Å². The second-order valence-corrected chi connectivity index (χ2v) is 9.83. The van der Waals surface area contributed by atoms with Crippen LogP contribution in [0.1, 0.15) is 68.9 Å². The molecule has 11 heteroatoms. The Balaban J connectivity index is 1.30. The number of hydrogen-bond donors (Lipinski definition) is 3. The minimum atomic E-state index is -0.428. The fourth-order valence-electron chi connectivity index (χ4n) is 5.62. The molecule has 1 spiro atoms. The van der Waals surface area contributed by atoms with E-state index in [9.17, 15) is 4.79 Å². The van der Waals surface area contributed by atoms with Crippen LogP contribution in [0, 0.1) is 5.82 Å². The smallest absolute Gasteiger partial charge is 0.321 e. The van der Waals surface area contributed by atoms with E-state index in [1.165, 1.54) is 0 Å². The SMILES string of the molecule is CCNC(=O)Nc1nc2c([C@H]3CCCO3)c(F)c(-c3cnc(C4CCC5(CC4)OCCO5)nc3)cc2[nH]1. The maximum Gasteiger partial charge on any atom is 0.321 e. The number of benzene rings is 1. The Kier molecular flexibility index (Phi) is 6.51. The Labute approximate surface area is 213 Å². The van der Waals surface area contributed by atoms with E-state index in [0.29, 0.717) is 60.5 Å². The summed E-state index contributed by atoms with van der Waals surface area (Å²) in [6.07, 6.45) is 7.94. The minimum absolute atomic E-state index is 0.220. The fourth-order valence-corrected chi connectivity index (χ4v) is 5.62. The van der Waals surface area contributed by atoms with Gasteiger partial charge in [-0.05, 0) is 38.7 Å². The second kappa shape index (κ2) is 9.96. The highest BCUT2D eigenvalue weighted by atomic mass is 19.1. The third-order valence-electron chi connectivity index (χ3n) is 7.48. The van der Waals surface area contributed by atoms with Gasteiger partial charge in [-0.25, -0.2) is 24.1 Å². The van der Waals surface area contributed by atoms with Gasteiger partial charge in [0.25, 0.3) is 0 Å². The number of aromatic amines is 1. The largest absolute Gasteiger partial charge is 0.373 e. The molecule has 1 aliphatic carbocycles. The van der Waals surface area contributed by atoms with Crippen molar-refractivity contribution >= 4 is 23.0 Å². The van der Waals surface area contributed by atoms with Crippen LogP contribution in [-0.4, -0.2) is 58.1 Å². The molecule has 6 rings (SSSR count). The molecular formula is C26H31FN6O4. The van der Waals surface area contributed by atoms with Crippen molar-refractivity contribution in [1.29, 1.82) is 0 Å². The summed E-state index contributed by atoms with van der Waals surface area (Å²) in [6.45, 7) is 4.18. The lowest BCUT2D eigenvalue weighted by molar-refractivity contribution is -0.179. The number of fused-ring (bicyclic) bond motifs is 1. The average Bonchev–Trinajstić information content (AvgIpc) is 3.67. The number of nitrogens with one attached hydrogen (secondary N) is 3. The predicted octanol–water partition coefficient (Wildman–Crippen LogP) is 4.55. The van der Waals surface area contributed by atoms with Crippen LogP contribution in [0.2, 0.25) is 0 Å². The fraction of sp³-hybridized carbons (Fsp3) is 0.538. The monoisotopic (exact) mass is 510 g/mol. The standard InChI is InChI=1S/C26H31FN6O4/c1-2-28-25(34)33-24-31-18-12-17(21(27)20(22(18)32-24)19-4-3-9-35-19)16-13-29-23(30-14-16)15-5-7-26(8-6-15)36-10-11-37-26/h12-15,19H,2-11H2,1H3,(H3,28,31,32,33,34)/t19-/m1/s1. The lowest BCUT2D eigenvalue weighted by Crippen LogP contribution is -2.34. The molecule has 3 fully saturated rings. The van der Waals surface area contributed by atoms with Gasteiger partial charge in [0.1, 0.15) is 11.6 Å². The van der Waals surface area contributed by atoms with E-state index in [-0.39, 0.29) is 17.9 Å². The number of imidazole rings is 1. The first-order valence-electron chi connectivity index (χ1n) is 13.0. The maximum atomic E-state index is 16.0. The van der Waals surface area contributed by atoms with Crippen molar-refractivity contribution in [1.82, 2.24) is 25.3 Å². The number of ether oxygens (including phenoxy) is 3. The number of urea groups is 1. The Morgan fingerprint density at radius 2 is 1.92 bits per heavy atom. The lowest BCUT2D eigenvalue weighted by atomic mass is 9.84. The zero-order chi connectivity index (χ0) is 25.4. The zero-order valence-corrected chi connectivity index (χ0v) is 20.8. The van der Waals surface area contributed by atoms with Crippen molar-refractivity contribution in [3.8, 4) is 11.1 Å². The molecule has 3 N–H and O–H groups in total. The van der Waals surface area contributed by atoms with Crippen LogP contribution in [0.25, 0.3) is 22.2 Å². The molecule has 1 aromatic carbocycles. The van der Waals surface area contributed by atoms with Crippen LogP contribution in [-0.2, 0) is 14.2 Å². The maximum absolute atomic E-state index is 16.0. The molecule has 1 saturated carbocycles. The van der Waals surface area contributed by atoms with Gasteiger partial charge in [-0.3, -0.25) is 5.32 Å². The van der Waals surface area contributed by atoms with E-state index in [1.54, 1.807) is 18.5 Å². The van der Waals surface area contributed by atoms with Crippen LogP contribution in [0.4, 0.5) is 15.1 Å². The molecule has 0 bridgehead atoms. The van der Waals surface area contributed by atoms with E-state index in [2.05, 4.69) is 30.6 Å². The van der Waals surface area contributed by atoms with Crippen molar-refractivity contribution in [3.05, 3.63) is 35.7 Å². The van der Waals surface area contributed by atoms with Gasteiger partial charge in [0.2, 0.25) is 5.95 Å². The number of anilines is 1. The van der Waals surface area contributed by atoms with Crippen LogP contribution < -0.4 is 10.6 Å². The van der Waals surface area contributed by atoms with Crippen molar-refractivity contribution in [2.45, 2.75) is 63.3 Å². The number of carbonyl (C=O) groups excluding carboxylic acids is 1. The molecule has 196 valence electrons. The molecule has 37 heavy (non-hydrogen) atoms. The molecule has 2 amide bonds. The summed E-state index contributed by atoms with van der Waals surface area (Å²) >= 11 is 0. The Hall–Kier alpha value is -3.15. The number of rotatable bonds is 5. The molecular weight excluding hydrogens is 479 g/mol. The molecule has 2 aliphatic heterocycles. The van der Waals surface area contributed by atoms with Gasteiger partial charge < -0.3 is 24.5 Å². The quantitative estimate of drug-likeness (QED) is 0.460. The van der Waals surface area contributed by atoms with E-state index in [1.807, 2.05) is 6.92 Å². The number of hydrogen-bond acceptors (Lipinski definition) is 7. The predicted molar refractivity (Wildman–Crippen MR) is 134 cm³/mol. The highest BCUT2D eigenvalue weighted by molar-refractivity contribution is 5.92. The first kappa shape index (κ1) is 24.2. The summed E-state index contributed by atoms with van der Waals surface area (Å²) < 4.78 is 33.5. The minimum Gasteiger partial charge on any atom is -0.373 e. The molecule has 0 unspecified atom stereocenters. The van der Waals surface area contributed by atoms with Crippen molar-refractivity contribution in [2.24, 2.45) is 0 Å². The van der Waals surface area contributed by atoms with Crippen molar-refractivity contribution in [2.75, 3.05) is 31.7 Å². The van der Waals surface area contributed by atoms with Gasteiger partial charge in [0, 0.05) is 61.0 Å². The average molecular weight is 511 g/mol. The number of carbonyl (C=O) groups is 1. The highest BCUT2D eigenvalue weighted by Gasteiger charge is 2.41. The summed E-state index contributed by atoms with van der Waals surface area (Å²) in [6, 6.07) is 1.31. The zero-order valence-electron chi connectivity index (χ0n) is 20.8. The molecule has 2 aromatic heterocycles. The summed E-state index contributed by atoms with van der Waals surface area (Å²) in [5.41, 5.74) is 2.39. The van der Waals surface area contributed by atoms with Gasteiger partial charge in [0.15, 0.2) is 5.79 Å². The Morgan fingerprint density at radius 1 is 1.16 bits per heavy atom. The van der Waals surface area contributed by atoms with Gasteiger partial charge >= 0.3 is 6.03 Å².